The van der Waals surface area contributed by atoms with E-state index in [9.17, 15) is 0 Å². The van der Waals surface area contributed by atoms with Crippen molar-refractivity contribution in [2.75, 3.05) is 13.7 Å². The Morgan fingerprint density at radius 1 is 1.04 bits per heavy atom. The normalized spacial score (nSPS) is 11.4. The minimum absolute atomic E-state index is 0.691. The minimum Gasteiger partial charge on any atom is -0.493 e. The number of hydrogen-bond donors (Lipinski definition) is 0. The first-order chi connectivity index (χ1) is 12.1. The van der Waals surface area contributed by atoms with E-state index in [1.807, 2.05) is 18.2 Å². The second-order valence-electron chi connectivity index (χ2n) is 6.05. The van der Waals surface area contributed by atoms with Gasteiger partial charge in [-0.25, -0.2) is 4.98 Å². The van der Waals surface area contributed by atoms with Crippen LogP contribution >= 0.6 is 11.3 Å². The van der Waals surface area contributed by atoms with Gasteiger partial charge in [0.1, 0.15) is 5.01 Å². The first-order valence-electron chi connectivity index (χ1n) is 8.47. The van der Waals surface area contributed by atoms with Gasteiger partial charge in [-0.1, -0.05) is 19.1 Å². The van der Waals surface area contributed by atoms with Crippen molar-refractivity contribution in [2.45, 2.75) is 27.2 Å². The van der Waals surface area contributed by atoms with Gasteiger partial charge in [-0.3, -0.25) is 0 Å². The maximum Gasteiger partial charge on any atom is 0.161 e. The van der Waals surface area contributed by atoms with Crippen LogP contribution in [0.15, 0.2) is 30.3 Å². The van der Waals surface area contributed by atoms with Crippen molar-refractivity contribution in [1.82, 2.24) is 4.98 Å². The molecule has 0 bridgehead atoms. The third-order valence-corrected chi connectivity index (χ3v) is 5.07. The van der Waals surface area contributed by atoms with Gasteiger partial charge >= 0.3 is 0 Å². The third kappa shape index (κ3) is 4.02. The summed E-state index contributed by atoms with van der Waals surface area (Å²) in [6, 6.07) is 10.3. The summed E-state index contributed by atoms with van der Waals surface area (Å²) in [6.45, 7) is 7.04. The molecular weight excluding hydrogens is 330 g/mol. The second-order valence-corrected chi connectivity index (χ2v) is 7.11. The third-order valence-electron chi connectivity index (χ3n) is 4.09. The SMILES string of the molecule is CCCOc1ccc(/C=C/c2nc3cc(C)c(C)cc3s2)cc1OC. The van der Waals surface area contributed by atoms with Crippen LogP contribution in [0.25, 0.3) is 22.4 Å². The van der Waals surface area contributed by atoms with Crippen LogP contribution in [0.5, 0.6) is 11.5 Å². The van der Waals surface area contributed by atoms with Crippen molar-refractivity contribution in [2.24, 2.45) is 0 Å². The fraction of sp³-hybridized carbons (Fsp3) is 0.286. The molecule has 0 spiro atoms. The molecule has 0 fully saturated rings. The van der Waals surface area contributed by atoms with Crippen LogP contribution in [0.2, 0.25) is 0 Å². The van der Waals surface area contributed by atoms with Gasteiger partial charge in [0.2, 0.25) is 0 Å². The van der Waals surface area contributed by atoms with Gasteiger partial charge in [-0.05, 0) is 67.3 Å². The monoisotopic (exact) mass is 353 g/mol. The number of aryl methyl sites for hydroxylation is 2. The summed E-state index contributed by atoms with van der Waals surface area (Å²) in [6.07, 6.45) is 5.08. The van der Waals surface area contributed by atoms with Gasteiger partial charge in [-0.2, -0.15) is 0 Å². The van der Waals surface area contributed by atoms with E-state index in [1.54, 1.807) is 18.4 Å². The molecule has 1 aromatic heterocycles. The van der Waals surface area contributed by atoms with E-state index >= 15 is 0 Å². The molecule has 3 rings (SSSR count). The van der Waals surface area contributed by atoms with E-state index in [0.29, 0.717) is 6.61 Å². The highest BCUT2D eigenvalue weighted by molar-refractivity contribution is 7.19. The van der Waals surface area contributed by atoms with Crippen LogP contribution in [0, 0.1) is 13.8 Å². The summed E-state index contributed by atoms with van der Waals surface area (Å²) in [4.78, 5) is 4.71. The van der Waals surface area contributed by atoms with Crippen molar-refractivity contribution in [3.63, 3.8) is 0 Å². The Morgan fingerprint density at radius 2 is 1.84 bits per heavy atom. The van der Waals surface area contributed by atoms with Crippen molar-refractivity contribution in [3.05, 3.63) is 52.0 Å². The molecule has 3 nitrogen and oxygen atoms in total. The molecule has 0 saturated heterocycles. The molecule has 0 aliphatic carbocycles. The Hall–Kier alpha value is -2.33. The van der Waals surface area contributed by atoms with Gasteiger partial charge in [0.25, 0.3) is 0 Å². The Bertz CT molecular complexity index is 873. The molecule has 0 amide bonds. The zero-order chi connectivity index (χ0) is 17.8. The molecule has 0 atom stereocenters. The standard InChI is InChI=1S/C21H23NO2S/c1-5-10-24-18-8-6-16(13-19(18)23-4)7-9-21-22-17-11-14(2)15(3)12-20(17)25-21/h6-9,11-13H,5,10H2,1-4H3/b9-7+. The van der Waals surface area contributed by atoms with E-state index < -0.39 is 0 Å². The summed E-state index contributed by atoms with van der Waals surface area (Å²) < 4.78 is 12.4. The molecule has 0 N–H and O–H groups in total. The first kappa shape index (κ1) is 17.5. The average molecular weight is 353 g/mol. The molecule has 2 aromatic carbocycles. The van der Waals surface area contributed by atoms with Gasteiger partial charge in [0, 0.05) is 0 Å². The maximum absolute atomic E-state index is 5.70. The first-order valence-corrected chi connectivity index (χ1v) is 9.29. The Kier molecular flexibility index (Phi) is 5.39. The lowest BCUT2D eigenvalue weighted by atomic mass is 10.1. The smallest absolute Gasteiger partial charge is 0.161 e. The van der Waals surface area contributed by atoms with E-state index in [4.69, 9.17) is 14.5 Å². The average Bonchev–Trinajstić information content (AvgIpc) is 3.00. The fourth-order valence-corrected chi connectivity index (χ4v) is 3.51. The lowest BCUT2D eigenvalue weighted by molar-refractivity contribution is 0.294. The number of benzene rings is 2. The highest BCUT2D eigenvalue weighted by atomic mass is 32.1. The summed E-state index contributed by atoms with van der Waals surface area (Å²) in [5, 5.41) is 1.00. The van der Waals surface area contributed by atoms with Crippen molar-refractivity contribution in [3.8, 4) is 11.5 Å². The number of ether oxygens (including phenoxy) is 2. The number of methoxy groups -OCH3 is 1. The van der Waals surface area contributed by atoms with Gasteiger partial charge in [0.05, 0.1) is 23.9 Å². The molecule has 25 heavy (non-hydrogen) atoms. The van der Waals surface area contributed by atoms with Crippen molar-refractivity contribution < 1.29 is 9.47 Å². The molecule has 0 aliphatic heterocycles. The van der Waals surface area contributed by atoms with Crippen molar-refractivity contribution in [1.29, 1.82) is 0 Å². The molecule has 3 aromatic rings. The molecule has 0 radical (unpaired) electrons. The summed E-state index contributed by atoms with van der Waals surface area (Å²) in [5.41, 5.74) is 4.71. The number of fused-ring (bicyclic) bond motifs is 1. The summed E-state index contributed by atoms with van der Waals surface area (Å²) >= 11 is 1.71. The maximum atomic E-state index is 5.70. The van der Waals surface area contributed by atoms with Crippen LogP contribution in [0.4, 0.5) is 0 Å². The Morgan fingerprint density at radius 3 is 2.60 bits per heavy atom. The van der Waals surface area contributed by atoms with E-state index in [0.717, 1.165) is 34.0 Å². The topological polar surface area (TPSA) is 31.4 Å². The van der Waals surface area contributed by atoms with E-state index in [-0.39, 0.29) is 0 Å². The van der Waals surface area contributed by atoms with Crippen molar-refractivity contribution >= 4 is 33.7 Å². The number of hydrogen-bond acceptors (Lipinski definition) is 4. The molecular formula is C21H23NO2S. The number of nitrogens with zero attached hydrogens (tertiary/aromatic N) is 1. The van der Waals surface area contributed by atoms with Gasteiger partial charge < -0.3 is 9.47 Å². The van der Waals surface area contributed by atoms with Crippen LogP contribution in [-0.2, 0) is 0 Å². The molecule has 0 aliphatic rings. The van der Waals surface area contributed by atoms with Gasteiger partial charge in [-0.15, -0.1) is 11.3 Å². The molecule has 1 heterocycles. The largest absolute Gasteiger partial charge is 0.493 e. The van der Waals surface area contributed by atoms with Crippen LogP contribution in [0.1, 0.15) is 35.0 Å². The van der Waals surface area contributed by atoms with Crippen LogP contribution in [0.3, 0.4) is 0 Å². The summed E-state index contributed by atoms with van der Waals surface area (Å²) in [7, 11) is 1.67. The fourth-order valence-electron chi connectivity index (χ4n) is 2.56. The lowest BCUT2D eigenvalue weighted by Crippen LogP contribution is -1.97. The zero-order valence-electron chi connectivity index (χ0n) is 15.1. The highest BCUT2D eigenvalue weighted by Crippen LogP contribution is 2.30. The second kappa shape index (κ2) is 7.70. The predicted molar refractivity (Wildman–Crippen MR) is 107 cm³/mol. The number of rotatable bonds is 6. The molecule has 4 heteroatoms. The zero-order valence-corrected chi connectivity index (χ0v) is 15.9. The minimum atomic E-state index is 0.691. The molecule has 0 unspecified atom stereocenters. The van der Waals surface area contributed by atoms with Gasteiger partial charge in [0.15, 0.2) is 11.5 Å². The summed E-state index contributed by atoms with van der Waals surface area (Å²) in [5.74, 6) is 1.54. The number of aromatic nitrogens is 1. The van der Waals surface area contributed by atoms with Crippen LogP contribution < -0.4 is 9.47 Å². The quantitative estimate of drug-likeness (QED) is 0.554. The predicted octanol–water partition coefficient (Wildman–Crippen LogP) is 5.88. The van der Waals surface area contributed by atoms with Crippen LogP contribution in [-0.4, -0.2) is 18.7 Å². The Labute approximate surface area is 152 Å². The molecule has 130 valence electrons. The lowest BCUT2D eigenvalue weighted by Gasteiger charge is -2.10. The Balaban J connectivity index is 1.84. The van der Waals surface area contributed by atoms with E-state index in [1.165, 1.54) is 15.8 Å². The van der Waals surface area contributed by atoms with E-state index in [2.05, 4.69) is 45.1 Å². The molecule has 0 saturated carbocycles. The highest BCUT2D eigenvalue weighted by Gasteiger charge is 2.06. The number of thiazole rings is 1.